The largest absolute Gasteiger partial charge is 0.497 e. The van der Waals surface area contributed by atoms with Crippen molar-refractivity contribution in [2.75, 3.05) is 25.6 Å². The fourth-order valence-corrected chi connectivity index (χ4v) is 3.30. The smallest absolute Gasteiger partial charge is 0.262 e. The lowest BCUT2D eigenvalue weighted by molar-refractivity contribution is -0.118. The standard InChI is InChI=1S/C27H23NO6/c1-3-14-32-24-6-4-5-7-25(24)33-17-27(30)28-19-10-8-18(9-11-19)26-16-22(29)21-15-20(31-2)12-13-23(21)34-26/h3-13,15-16H,1,14,17H2,2H3,(H,28,30). The molecule has 4 rings (SSSR count). The fraction of sp³-hybridized carbons (Fsp3) is 0.111. The van der Waals surface area contributed by atoms with E-state index in [1.165, 1.54) is 6.07 Å². The summed E-state index contributed by atoms with van der Waals surface area (Å²) in [5, 5.41) is 3.23. The maximum absolute atomic E-state index is 12.5. The van der Waals surface area contributed by atoms with Crippen molar-refractivity contribution in [1.82, 2.24) is 0 Å². The summed E-state index contributed by atoms with van der Waals surface area (Å²) in [6, 6.07) is 20.6. The van der Waals surface area contributed by atoms with Gasteiger partial charge in [0.25, 0.3) is 5.91 Å². The minimum Gasteiger partial charge on any atom is -0.497 e. The molecule has 1 amide bonds. The van der Waals surface area contributed by atoms with E-state index in [1.807, 2.05) is 6.07 Å². The van der Waals surface area contributed by atoms with Gasteiger partial charge in [-0.05, 0) is 54.6 Å². The van der Waals surface area contributed by atoms with Crippen LogP contribution in [-0.4, -0.2) is 26.2 Å². The molecule has 0 saturated heterocycles. The molecule has 7 nitrogen and oxygen atoms in total. The predicted molar refractivity (Wildman–Crippen MR) is 131 cm³/mol. The molecule has 172 valence electrons. The Morgan fingerprint density at radius 3 is 2.44 bits per heavy atom. The van der Waals surface area contributed by atoms with Crippen LogP contribution in [0, 0.1) is 0 Å². The molecular formula is C27H23NO6. The van der Waals surface area contributed by atoms with Gasteiger partial charge in [-0.3, -0.25) is 9.59 Å². The number of carbonyl (C=O) groups excluding carboxylic acids is 1. The third-order valence-electron chi connectivity index (χ3n) is 4.95. The fourth-order valence-electron chi connectivity index (χ4n) is 3.30. The summed E-state index contributed by atoms with van der Waals surface area (Å²) in [4.78, 5) is 24.9. The number of anilines is 1. The van der Waals surface area contributed by atoms with Crippen molar-refractivity contribution >= 4 is 22.6 Å². The molecule has 1 N–H and O–H groups in total. The van der Waals surface area contributed by atoms with Crippen LogP contribution in [0.4, 0.5) is 5.69 Å². The number of benzene rings is 3. The van der Waals surface area contributed by atoms with Crippen molar-refractivity contribution in [3.63, 3.8) is 0 Å². The number of fused-ring (bicyclic) bond motifs is 1. The SMILES string of the molecule is C=CCOc1ccccc1OCC(=O)Nc1ccc(-c2cc(=O)c3cc(OC)ccc3o2)cc1. The molecule has 0 bridgehead atoms. The second kappa shape index (κ2) is 10.4. The van der Waals surface area contributed by atoms with E-state index >= 15 is 0 Å². The van der Waals surface area contributed by atoms with Gasteiger partial charge in [-0.2, -0.15) is 0 Å². The first-order valence-electron chi connectivity index (χ1n) is 10.5. The molecule has 0 atom stereocenters. The van der Waals surface area contributed by atoms with Crippen molar-refractivity contribution in [2.24, 2.45) is 0 Å². The highest BCUT2D eigenvalue weighted by atomic mass is 16.5. The Kier molecular flexibility index (Phi) is 6.93. The van der Waals surface area contributed by atoms with Crippen LogP contribution in [0.5, 0.6) is 17.2 Å². The highest BCUT2D eigenvalue weighted by molar-refractivity contribution is 5.92. The van der Waals surface area contributed by atoms with Gasteiger partial charge < -0.3 is 23.9 Å². The van der Waals surface area contributed by atoms with Crippen LogP contribution < -0.4 is 25.0 Å². The maximum Gasteiger partial charge on any atom is 0.262 e. The Hall–Kier alpha value is -4.52. The molecule has 1 aromatic heterocycles. The van der Waals surface area contributed by atoms with E-state index < -0.39 is 0 Å². The van der Waals surface area contributed by atoms with Gasteiger partial charge in [-0.1, -0.05) is 24.8 Å². The molecule has 4 aromatic rings. The molecule has 0 aliphatic rings. The van der Waals surface area contributed by atoms with Gasteiger partial charge >= 0.3 is 0 Å². The monoisotopic (exact) mass is 457 g/mol. The molecular weight excluding hydrogens is 434 g/mol. The average Bonchev–Trinajstić information content (AvgIpc) is 2.87. The van der Waals surface area contributed by atoms with Crippen LogP contribution >= 0.6 is 0 Å². The van der Waals surface area contributed by atoms with Crippen LogP contribution in [-0.2, 0) is 4.79 Å². The number of amides is 1. The molecule has 34 heavy (non-hydrogen) atoms. The lowest BCUT2D eigenvalue weighted by Crippen LogP contribution is -2.20. The number of rotatable bonds is 9. The second-order valence-corrected chi connectivity index (χ2v) is 7.30. The highest BCUT2D eigenvalue weighted by Gasteiger charge is 2.10. The van der Waals surface area contributed by atoms with E-state index in [9.17, 15) is 9.59 Å². The summed E-state index contributed by atoms with van der Waals surface area (Å²) in [5.41, 5.74) is 1.59. The van der Waals surface area contributed by atoms with Crippen LogP contribution in [0.3, 0.4) is 0 Å². The molecule has 1 heterocycles. The Labute approximate surface area is 196 Å². The van der Waals surface area contributed by atoms with Crippen molar-refractivity contribution in [3.05, 3.63) is 95.7 Å². The van der Waals surface area contributed by atoms with E-state index in [4.69, 9.17) is 18.6 Å². The van der Waals surface area contributed by atoms with Gasteiger partial charge in [-0.15, -0.1) is 0 Å². The second-order valence-electron chi connectivity index (χ2n) is 7.30. The average molecular weight is 457 g/mol. The molecule has 0 radical (unpaired) electrons. The van der Waals surface area contributed by atoms with Gasteiger partial charge in [0.1, 0.15) is 23.7 Å². The Morgan fingerprint density at radius 1 is 1.00 bits per heavy atom. The Morgan fingerprint density at radius 2 is 1.74 bits per heavy atom. The number of ether oxygens (including phenoxy) is 3. The minimum atomic E-state index is -0.322. The molecule has 0 unspecified atom stereocenters. The Balaban J connectivity index is 1.42. The van der Waals surface area contributed by atoms with Gasteiger partial charge in [-0.25, -0.2) is 0 Å². The first-order valence-corrected chi connectivity index (χ1v) is 10.5. The number of nitrogens with one attached hydrogen (secondary N) is 1. The van der Waals surface area contributed by atoms with Crippen LogP contribution in [0.15, 0.2) is 94.7 Å². The Bertz CT molecular complexity index is 1370. The highest BCUT2D eigenvalue weighted by Crippen LogP contribution is 2.27. The van der Waals surface area contributed by atoms with Gasteiger partial charge in [0.05, 0.1) is 12.5 Å². The van der Waals surface area contributed by atoms with E-state index in [-0.39, 0.29) is 17.9 Å². The summed E-state index contributed by atoms with van der Waals surface area (Å²) in [7, 11) is 1.54. The number of hydrogen-bond donors (Lipinski definition) is 1. The summed E-state index contributed by atoms with van der Waals surface area (Å²) in [5.74, 6) is 1.70. The van der Waals surface area contributed by atoms with E-state index in [0.29, 0.717) is 51.8 Å². The molecule has 0 fully saturated rings. The van der Waals surface area contributed by atoms with E-state index in [1.54, 1.807) is 73.8 Å². The van der Waals surface area contributed by atoms with Crippen LogP contribution in [0.2, 0.25) is 0 Å². The van der Waals surface area contributed by atoms with Crippen molar-refractivity contribution in [1.29, 1.82) is 0 Å². The van der Waals surface area contributed by atoms with Gasteiger partial charge in [0.15, 0.2) is 23.5 Å². The number of carbonyl (C=O) groups is 1. The third kappa shape index (κ3) is 5.27. The lowest BCUT2D eigenvalue weighted by Gasteiger charge is -2.12. The molecule has 0 saturated carbocycles. The summed E-state index contributed by atoms with van der Waals surface area (Å²) < 4.78 is 22.2. The van der Waals surface area contributed by atoms with Gasteiger partial charge in [0.2, 0.25) is 0 Å². The zero-order valence-corrected chi connectivity index (χ0v) is 18.6. The first-order chi connectivity index (χ1) is 16.6. The van der Waals surface area contributed by atoms with Crippen molar-refractivity contribution < 1.29 is 23.4 Å². The van der Waals surface area contributed by atoms with Crippen LogP contribution in [0.1, 0.15) is 0 Å². The molecule has 0 aliphatic carbocycles. The van der Waals surface area contributed by atoms with E-state index in [0.717, 1.165) is 0 Å². The normalized spacial score (nSPS) is 10.5. The lowest BCUT2D eigenvalue weighted by atomic mass is 10.1. The number of para-hydroxylation sites is 2. The topological polar surface area (TPSA) is 87.0 Å². The van der Waals surface area contributed by atoms with E-state index in [2.05, 4.69) is 11.9 Å². The first kappa shape index (κ1) is 22.7. The molecule has 0 spiro atoms. The molecule has 0 aliphatic heterocycles. The summed E-state index contributed by atoms with van der Waals surface area (Å²) in [6.45, 7) is 3.78. The summed E-state index contributed by atoms with van der Waals surface area (Å²) >= 11 is 0. The van der Waals surface area contributed by atoms with Crippen molar-refractivity contribution in [2.45, 2.75) is 0 Å². The molecule has 3 aromatic carbocycles. The number of methoxy groups -OCH3 is 1. The number of hydrogen-bond acceptors (Lipinski definition) is 6. The van der Waals surface area contributed by atoms with Gasteiger partial charge in [0, 0.05) is 17.3 Å². The van der Waals surface area contributed by atoms with Crippen molar-refractivity contribution in [3.8, 4) is 28.6 Å². The zero-order valence-electron chi connectivity index (χ0n) is 18.6. The van der Waals surface area contributed by atoms with Crippen LogP contribution in [0.25, 0.3) is 22.3 Å². The minimum absolute atomic E-state index is 0.165. The zero-order chi connectivity index (χ0) is 23.9. The molecule has 7 heteroatoms. The summed E-state index contributed by atoms with van der Waals surface area (Å²) in [6.07, 6.45) is 1.63. The quantitative estimate of drug-likeness (QED) is 0.354. The third-order valence-corrected chi connectivity index (χ3v) is 4.95. The predicted octanol–water partition coefficient (Wildman–Crippen LogP) is 5.05. The maximum atomic E-state index is 12.5.